The van der Waals surface area contributed by atoms with Gasteiger partial charge in [0.05, 0.1) is 18.8 Å². The van der Waals surface area contributed by atoms with Crippen molar-refractivity contribution < 1.29 is 9.47 Å². The number of hydrogen-bond donors (Lipinski definition) is 0. The number of likely N-dealkylation sites (tertiary alicyclic amines) is 2. The lowest BCUT2D eigenvalue weighted by atomic mass is 9.50. The van der Waals surface area contributed by atoms with Crippen molar-refractivity contribution in [2.45, 2.75) is 81.7 Å². The van der Waals surface area contributed by atoms with Gasteiger partial charge in [-0.25, -0.2) is 0 Å². The zero-order chi connectivity index (χ0) is 23.8. The molecule has 2 bridgehead atoms. The van der Waals surface area contributed by atoms with E-state index in [9.17, 15) is 0 Å². The summed E-state index contributed by atoms with van der Waals surface area (Å²) in [4.78, 5) is 5.56. The summed E-state index contributed by atoms with van der Waals surface area (Å²) >= 11 is 0. The second-order valence-corrected chi connectivity index (χ2v) is 12.1. The summed E-state index contributed by atoms with van der Waals surface area (Å²) in [6, 6.07) is 19.0. The number of piperidine rings is 1. The second-order valence-electron chi connectivity index (χ2n) is 12.1. The van der Waals surface area contributed by atoms with Crippen LogP contribution in [0.3, 0.4) is 0 Å². The fourth-order valence-electron chi connectivity index (χ4n) is 8.83. The Labute approximate surface area is 210 Å². The van der Waals surface area contributed by atoms with Gasteiger partial charge in [0.1, 0.15) is 5.75 Å². The molecule has 3 aliphatic heterocycles. The molecule has 5 aliphatic rings. The summed E-state index contributed by atoms with van der Waals surface area (Å²) in [7, 11) is 1.81. The molecule has 4 fully saturated rings. The van der Waals surface area contributed by atoms with Crippen LogP contribution < -0.4 is 4.74 Å². The molecule has 0 spiro atoms. The van der Waals surface area contributed by atoms with Gasteiger partial charge in [0, 0.05) is 43.1 Å². The van der Waals surface area contributed by atoms with Gasteiger partial charge in [0.2, 0.25) is 0 Å². The number of nitrogens with zero attached hydrogens (tertiary/aromatic N) is 2. The maximum Gasteiger partial charge on any atom is 0.119 e. The first kappa shape index (κ1) is 22.3. The van der Waals surface area contributed by atoms with Crippen molar-refractivity contribution in [2.24, 2.45) is 11.8 Å². The van der Waals surface area contributed by atoms with Gasteiger partial charge in [-0.1, -0.05) is 43.3 Å². The van der Waals surface area contributed by atoms with Gasteiger partial charge in [-0.05, 0) is 80.3 Å². The first-order chi connectivity index (χ1) is 17.1. The Morgan fingerprint density at radius 2 is 1.91 bits per heavy atom. The van der Waals surface area contributed by atoms with Crippen molar-refractivity contribution in [3.8, 4) is 5.75 Å². The maximum absolute atomic E-state index is 7.37. The third-order valence-electron chi connectivity index (χ3n) is 10.5. The Morgan fingerprint density at radius 1 is 1.09 bits per heavy atom. The molecule has 7 rings (SSSR count). The van der Waals surface area contributed by atoms with Gasteiger partial charge in [-0.3, -0.25) is 9.80 Å². The molecule has 3 heterocycles. The summed E-state index contributed by atoms with van der Waals surface area (Å²) < 4.78 is 13.2. The maximum atomic E-state index is 7.37. The smallest absolute Gasteiger partial charge is 0.119 e. The molecule has 5 unspecified atom stereocenters. The molecule has 0 radical (unpaired) electrons. The summed E-state index contributed by atoms with van der Waals surface area (Å²) in [6.45, 7) is 9.42. The highest BCUT2D eigenvalue weighted by atomic mass is 16.5. The van der Waals surface area contributed by atoms with Crippen molar-refractivity contribution in [2.75, 3.05) is 26.7 Å². The number of fused-ring (bicyclic) bond motifs is 2. The highest BCUT2D eigenvalue weighted by molar-refractivity contribution is 5.50. The Hall–Kier alpha value is -1.88. The summed E-state index contributed by atoms with van der Waals surface area (Å²) in [5.41, 5.74) is 4.40. The van der Waals surface area contributed by atoms with Gasteiger partial charge < -0.3 is 9.47 Å². The molecule has 35 heavy (non-hydrogen) atoms. The van der Waals surface area contributed by atoms with E-state index in [-0.39, 0.29) is 11.0 Å². The van der Waals surface area contributed by atoms with Crippen LogP contribution in [0.25, 0.3) is 0 Å². The highest BCUT2D eigenvalue weighted by Crippen LogP contribution is 2.65. The van der Waals surface area contributed by atoms with E-state index in [0.717, 1.165) is 31.2 Å². The molecular formula is C31H40N2O2. The first-order valence-electron chi connectivity index (χ1n) is 13.9. The van der Waals surface area contributed by atoms with E-state index in [0.29, 0.717) is 24.1 Å². The Kier molecular flexibility index (Phi) is 5.14. The lowest BCUT2D eigenvalue weighted by Gasteiger charge is -2.61. The average molecular weight is 473 g/mol. The molecule has 0 N–H and O–H groups in total. The molecule has 3 saturated heterocycles. The van der Waals surface area contributed by atoms with E-state index in [1.54, 1.807) is 0 Å². The van der Waals surface area contributed by atoms with Gasteiger partial charge >= 0.3 is 0 Å². The average Bonchev–Trinajstić information content (AvgIpc) is 3.56. The fraction of sp³-hybridized carbons (Fsp3) is 0.613. The SMILES string of the molecule is CCC1C2[C@@H](CN1Cc1ccccc1)OC1(C)C3Cc4ccc(OC)cc4C21CCN3CC1CC1. The fourth-order valence-corrected chi connectivity index (χ4v) is 8.83. The number of methoxy groups -OCH3 is 1. The minimum Gasteiger partial charge on any atom is -0.497 e. The Morgan fingerprint density at radius 3 is 2.66 bits per heavy atom. The zero-order valence-electron chi connectivity index (χ0n) is 21.6. The monoisotopic (exact) mass is 472 g/mol. The molecule has 6 atom stereocenters. The summed E-state index contributed by atoms with van der Waals surface area (Å²) in [6.07, 6.45) is 6.60. The van der Waals surface area contributed by atoms with E-state index in [1.807, 2.05) is 7.11 Å². The van der Waals surface area contributed by atoms with Gasteiger partial charge in [0.15, 0.2) is 0 Å². The van der Waals surface area contributed by atoms with E-state index < -0.39 is 0 Å². The normalized spacial score (nSPS) is 38.1. The van der Waals surface area contributed by atoms with Crippen LogP contribution in [0.15, 0.2) is 48.5 Å². The lowest BCUT2D eigenvalue weighted by Crippen LogP contribution is -2.71. The summed E-state index contributed by atoms with van der Waals surface area (Å²) in [5, 5.41) is 0. The number of hydrogen-bond acceptors (Lipinski definition) is 4. The molecule has 2 aliphatic carbocycles. The van der Waals surface area contributed by atoms with Crippen molar-refractivity contribution in [3.05, 3.63) is 65.2 Å². The molecule has 2 aromatic carbocycles. The van der Waals surface area contributed by atoms with Crippen LogP contribution in [-0.4, -0.2) is 60.3 Å². The van der Waals surface area contributed by atoms with Crippen LogP contribution in [0.5, 0.6) is 5.75 Å². The van der Waals surface area contributed by atoms with Crippen LogP contribution >= 0.6 is 0 Å². The van der Waals surface area contributed by atoms with Crippen molar-refractivity contribution in [1.82, 2.24) is 9.80 Å². The lowest BCUT2D eigenvalue weighted by molar-refractivity contribution is -0.145. The van der Waals surface area contributed by atoms with Gasteiger partial charge in [-0.15, -0.1) is 0 Å². The molecule has 2 aromatic rings. The first-order valence-corrected chi connectivity index (χ1v) is 13.9. The van der Waals surface area contributed by atoms with Crippen LogP contribution in [0.1, 0.15) is 56.2 Å². The molecule has 1 saturated carbocycles. The number of benzene rings is 2. The van der Waals surface area contributed by atoms with E-state index in [1.165, 1.54) is 55.5 Å². The van der Waals surface area contributed by atoms with E-state index in [2.05, 4.69) is 72.2 Å². The number of rotatable bonds is 6. The molecular weight excluding hydrogens is 432 g/mol. The van der Waals surface area contributed by atoms with Gasteiger partial charge in [0.25, 0.3) is 0 Å². The molecule has 4 nitrogen and oxygen atoms in total. The van der Waals surface area contributed by atoms with Gasteiger partial charge in [-0.2, -0.15) is 0 Å². The topological polar surface area (TPSA) is 24.9 Å². The Balaban J connectivity index is 1.33. The minimum absolute atomic E-state index is 0.0522. The molecule has 0 amide bonds. The zero-order valence-corrected chi connectivity index (χ0v) is 21.6. The van der Waals surface area contributed by atoms with Crippen LogP contribution in [0, 0.1) is 11.8 Å². The predicted molar refractivity (Wildman–Crippen MR) is 139 cm³/mol. The highest BCUT2D eigenvalue weighted by Gasteiger charge is 2.73. The standard InChI is InChI=1S/C31H40N2O2/c1-4-26-29-27(20-33(26)19-21-8-6-5-7-9-21)35-30(2)28-16-23-12-13-24(34-3)17-25(23)31(29,30)14-15-32(28)18-22-10-11-22/h5-9,12-13,17,22,26-29H,4,10-11,14-16,18-20H2,1-3H3/t26?,27-,28?,29?,30?,31?/m1/s1. The molecule has 186 valence electrons. The van der Waals surface area contributed by atoms with Crippen molar-refractivity contribution in [1.29, 1.82) is 0 Å². The summed E-state index contributed by atoms with van der Waals surface area (Å²) in [5.74, 6) is 2.43. The second kappa shape index (κ2) is 8.06. The third kappa shape index (κ3) is 3.15. The van der Waals surface area contributed by atoms with E-state index >= 15 is 0 Å². The van der Waals surface area contributed by atoms with Crippen LogP contribution in [0.4, 0.5) is 0 Å². The quantitative estimate of drug-likeness (QED) is 0.588. The molecule has 4 heteroatoms. The minimum atomic E-state index is -0.138. The van der Waals surface area contributed by atoms with Crippen LogP contribution in [0.2, 0.25) is 0 Å². The largest absolute Gasteiger partial charge is 0.497 e. The van der Waals surface area contributed by atoms with Crippen molar-refractivity contribution in [3.63, 3.8) is 0 Å². The predicted octanol–water partition coefficient (Wildman–Crippen LogP) is 5.04. The van der Waals surface area contributed by atoms with E-state index in [4.69, 9.17) is 9.47 Å². The third-order valence-corrected chi connectivity index (χ3v) is 10.5. The van der Waals surface area contributed by atoms with Crippen molar-refractivity contribution >= 4 is 0 Å². The van der Waals surface area contributed by atoms with Crippen LogP contribution in [-0.2, 0) is 23.1 Å². The molecule has 0 aromatic heterocycles. The number of ether oxygens (including phenoxy) is 2. The Bertz CT molecular complexity index is 1100.